The predicted octanol–water partition coefficient (Wildman–Crippen LogP) is 1.41. The number of carboxylic acids is 1. The first-order chi connectivity index (χ1) is 18.5. The van der Waals surface area contributed by atoms with E-state index >= 15 is 0 Å². The minimum Gasteiger partial charge on any atom is -0.480 e. The lowest BCUT2D eigenvalue weighted by molar-refractivity contribution is -0.142. The van der Waals surface area contributed by atoms with E-state index in [1.54, 1.807) is 20.0 Å². The molecule has 0 radical (unpaired) electrons. The molecule has 1 aromatic carbocycles. The van der Waals surface area contributed by atoms with Gasteiger partial charge in [0.1, 0.15) is 18.1 Å². The van der Waals surface area contributed by atoms with E-state index < -0.39 is 47.9 Å². The van der Waals surface area contributed by atoms with Gasteiger partial charge in [0.05, 0.1) is 6.04 Å². The molecule has 11 heteroatoms. The van der Waals surface area contributed by atoms with E-state index in [9.17, 15) is 24.3 Å². The molecule has 0 bridgehead atoms. The maximum atomic E-state index is 13.3. The second kappa shape index (κ2) is 15.2. The number of amides is 3. The molecular formula is C28H44N6O5. The number of aromatic amines is 1. The van der Waals surface area contributed by atoms with Gasteiger partial charge < -0.3 is 37.5 Å². The van der Waals surface area contributed by atoms with Crippen LogP contribution in [0.2, 0.25) is 0 Å². The molecule has 0 fully saturated rings. The number of hydrogen-bond acceptors (Lipinski definition) is 6. The van der Waals surface area contributed by atoms with Crippen LogP contribution >= 0.6 is 0 Å². The molecule has 0 aliphatic rings. The summed E-state index contributed by atoms with van der Waals surface area (Å²) in [6, 6.07) is 3.60. The standard InChI is InChI=1S/C28H44N6O5/c1-5-17(4)23(30)26(36)34-24(16(2)3)27(37)32-21(12-8-9-13-29)25(35)33-22(28(38)39)14-18-15-31-20-11-7-6-10-19(18)20/h6-7,10-11,15-17,21-24,31H,5,8-9,12-14,29-30H2,1-4H3,(H,32,37)(H,33,35)(H,34,36)(H,38,39). The third kappa shape index (κ3) is 9.07. The number of aliphatic carboxylic acids is 1. The second-order valence-electron chi connectivity index (χ2n) is 10.5. The molecule has 9 N–H and O–H groups in total. The van der Waals surface area contributed by atoms with Crippen LogP contribution in [0.4, 0.5) is 0 Å². The minimum atomic E-state index is -1.21. The lowest BCUT2D eigenvalue weighted by Gasteiger charge is -2.28. The molecule has 0 spiro atoms. The summed E-state index contributed by atoms with van der Waals surface area (Å²) in [5, 5.41) is 18.8. The van der Waals surface area contributed by atoms with Crippen molar-refractivity contribution in [2.24, 2.45) is 23.3 Å². The van der Waals surface area contributed by atoms with E-state index in [2.05, 4.69) is 20.9 Å². The van der Waals surface area contributed by atoms with E-state index in [1.807, 2.05) is 38.1 Å². The average molecular weight is 545 g/mol. The Morgan fingerprint density at radius 1 is 0.949 bits per heavy atom. The Bertz CT molecular complexity index is 1120. The fourth-order valence-corrected chi connectivity index (χ4v) is 4.31. The Kier molecular flexibility index (Phi) is 12.4. The van der Waals surface area contributed by atoms with Crippen molar-refractivity contribution in [2.75, 3.05) is 6.54 Å². The number of unbranched alkanes of at least 4 members (excludes halogenated alkanes) is 1. The summed E-state index contributed by atoms with van der Waals surface area (Å²) in [7, 11) is 0. The van der Waals surface area contributed by atoms with E-state index in [1.165, 1.54) is 0 Å². The Morgan fingerprint density at radius 3 is 2.23 bits per heavy atom. The molecule has 39 heavy (non-hydrogen) atoms. The van der Waals surface area contributed by atoms with Gasteiger partial charge in [-0.1, -0.05) is 52.3 Å². The number of nitrogens with one attached hydrogen (secondary N) is 4. The molecule has 0 aliphatic carbocycles. The zero-order valence-corrected chi connectivity index (χ0v) is 23.3. The minimum absolute atomic E-state index is 0.0622. The number of hydrogen-bond donors (Lipinski definition) is 7. The molecule has 0 aliphatic heterocycles. The lowest BCUT2D eigenvalue weighted by Crippen LogP contribution is -2.59. The van der Waals surface area contributed by atoms with Crippen molar-refractivity contribution in [2.45, 2.75) is 84.0 Å². The van der Waals surface area contributed by atoms with Gasteiger partial charge in [0, 0.05) is 23.5 Å². The molecule has 2 aromatic rings. The molecule has 5 unspecified atom stereocenters. The Balaban J connectivity index is 2.17. The first-order valence-corrected chi connectivity index (χ1v) is 13.6. The third-order valence-electron chi connectivity index (χ3n) is 7.10. The number of carboxylic acid groups (broad SMARTS) is 1. The SMILES string of the molecule is CCC(C)C(N)C(=O)NC(C(=O)NC(CCCCN)C(=O)NC(Cc1c[nH]c2ccccc12)C(=O)O)C(C)C. The van der Waals surface area contributed by atoms with Crippen molar-refractivity contribution in [3.05, 3.63) is 36.0 Å². The van der Waals surface area contributed by atoms with E-state index in [0.717, 1.165) is 16.5 Å². The van der Waals surface area contributed by atoms with Crippen molar-refractivity contribution < 1.29 is 24.3 Å². The monoisotopic (exact) mass is 544 g/mol. The zero-order valence-electron chi connectivity index (χ0n) is 23.3. The maximum absolute atomic E-state index is 13.3. The summed E-state index contributed by atoms with van der Waals surface area (Å²) in [4.78, 5) is 54.4. The van der Waals surface area contributed by atoms with Crippen LogP contribution in [0.3, 0.4) is 0 Å². The molecule has 2 rings (SSSR count). The molecule has 3 amide bonds. The molecular weight excluding hydrogens is 500 g/mol. The molecule has 1 aromatic heterocycles. The number of H-pyrrole nitrogens is 1. The topological polar surface area (TPSA) is 192 Å². The van der Waals surface area contributed by atoms with Gasteiger partial charge in [0.2, 0.25) is 17.7 Å². The lowest BCUT2D eigenvalue weighted by atomic mass is 9.97. The number of aromatic nitrogens is 1. The summed E-state index contributed by atoms with van der Waals surface area (Å²) in [6.07, 6.45) is 3.94. The number of nitrogens with two attached hydrogens (primary N) is 2. The number of rotatable bonds is 16. The van der Waals surface area contributed by atoms with Gasteiger partial charge in [0.25, 0.3) is 0 Å². The molecule has 0 saturated carbocycles. The Morgan fingerprint density at radius 2 is 1.62 bits per heavy atom. The van der Waals surface area contributed by atoms with Gasteiger partial charge in [-0.15, -0.1) is 0 Å². The van der Waals surface area contributed by atoms with Gasteiger partial charge in [0.15, 0.2) is 0 Å². The zero-order chi connectivity index (χ0) is 29.1. The average Bonchev–Trinajstić information content (AvgIpc) is 3.32. The summed E-state index contributed by atoms with van der Waals surface area (Å²) in [5.74, 6) is -3.12. The number of para-hydroxylation sites is 1. The Hall–Kier alpha value is -3.44. The van der Waals surface area contributed by atoms with Crippen molar-refractivity contribution in [3.63, 3.8) is 0 Å². The number of fused-ring (bicyclic) bond motifs is 1. The summed E-state index contributed by atoms with van der Waals surface area (Å²) in [6.45, 7) is 7.77. The summed E-state index contributed by atoms with van der Waals surface area (Å²) >= 11 is 0. The predicted molar refractivity (Wildman–Crippen MR) is 151 cm³/mol. The molecule has 5 atom stereocenters. The van der Waals surface area contributed by atoms with Crippen LogP contribution in [0, 0.1) is 11.8 Å². The summed E-state index contributed by atoms with van der Waals surface area (Å²) in [5.41, 5.74) is 13.3. The largest absolute Gasteiger partial charge is 0.480 e. The fourth-order valence-electron chi connectivity index (χ4n) is 4.31. The third-order valence-corrected chi connectivity index (χ3v) is 7.10. The van der Waals surface area contributed by atoms with Crippen LogP contribution in [-0.4, -0.2) is 64.5 Å². The fraction of sp³-hybridized carbons (Fsp3) is 0.571. The quantitative estimate of drug-likeness (QED) is 0.155. The number of benzene rings is 1. The summed E-state index contributed by atoms with van der Waals surface area (Å²) < 4.78 is 0. The first-order valence-electron chi connectivity index (χ1n) is 13.6. The normalized spacial score (nSPS) is 15.3. The number of carbonyl (C=O) groups is 4. The highest BCUT2D eigenvalue weighted by Gasteiger charge is 2.32. The number of carbonyl (C=O) groups excluding carboxylic acids is 3. The molecule has 0 saturated heterocycles. The second-order valence-corrected chi connectivity index (χ2v) is 10.5. The van der Waals surface area contributed by atoms with Crippen molar-refractivity contribution in [1.29, 1.82) is 0 Å². The van der Waals surface area contributed by atoms with Gasteiger partial charge in [-0.25, -0.2) is 4.79 Å². The van der Waals surface area contributed by atoms with Crippen LogP contribution in [0.1, 0.15) is 58.9 Å². The maximum Gasteiger partial charge on any atom is 0.326 e. The van der Waals surface area contributed by atoms with Crippen LogP contribution in [0.15, 0.2) is 30.5 Å². The van der Waals surface area contributed by atoms with Crippen molar-refractivity contribution in [1.82, 2.24) is 20.9 Å². The molecule has 1 heterocycles. The van der Waals surface area contributed by atoms with Gasteiger partial charge >= 0.3 is 5.97 Å². The van der Waals surface area contributed by atoms with Crippen molar-refractivity contribution in [3.8, 4) is 0 Å². The van der Waals surface area contributed by atoms with Gasteiger partial charge in [-0.2, -0.15) is 0 Å². The highest BCUT2D eigenvalue weighted by molar-refractivity contribution is 5.94. The highest BCUT2D eigenvalue weighted by Crippen LogP contribution is 2.19. The van der Waals surface area contributed by atoms with Gasteiger partial charge in [-0.3, -0.25) is 14.4 Å². The van der Waals surface area contributed by atoms with Crippen LogP contribution in [0.25, 0.3) is 10.9 Å². The van der Waals surface area contributed by atoms with Crippen LogP contribution in [0.5, 0.6) is 0 Å². The van der Waals surface area contributed by atoms with E-state index in [4.69, 9.17) is 11.5 Å². The van der Waals surface area contributed by atoms with Crippen LogP contribution < -0.4 is 27.4 Å². The molecule has 11 nitrogen and oxygen atoms in total. The van der Waals surface area contributed by atoms with Gasteiger partial charge in [-0.05, 0) is 49.3 Å². The van der Waals surface area contributed by atoms with E-state index in [-0.39, 0.29) is 24.7 Å². The highest BCUT2D eigenvalue weighted by atomic mass is 16.4. The first kappa shape index (κ1) is 31.8. The van der Waals surface area contributed by atoms with Crippen molar-refractivity contribution >= 4 is 34.6 Å². The molecule has 216 valence electrons. The van der Waals surface area contributed by atoms with Crippen LogP contribution in [-0.2, 0) is 25.6 Å². The smallest absolute Gasteiger partial charge is 0.326 e. The Labute approximate surface area is 229 Å². The van der Waals surface area contributed by atoms with E-state index in [0.29, 0.717) is 25.8 Å².